The molecule has 1 saturated heterocycles. The van der Waals surface area contributed by atoms with Gasteiger partial charge in [-0.05, 0) is 92.7 Å². The van der Waals surface area contributed by atoms with E-state index in [1.165, 1.54) is 50.3 Å². The molecule has 7 nitrogen and oxygen atoms in total. The van der Waals surface area contributed by atoms with Crippen LogP contribution in [0.2, 0.25) is 0 Å². The van der Waals surface area contributed by atoms with E-state index >= 15 is 0 Å². The number of ether oxygens (including phenoxy) is 1. The third kappa shape index (κ3) is 5.10. The lowest BCUT2D eigenvalue weighted by Gasteiger charge is -2.54. The first-order valence-corrected chi connectivity index (χ1v) is 12.8. The number of hydrogen-bond acceptors (Lipinski definition) is 5. The number of nitrogens with one attached hydrogen (secondary N) is 1. The number of carbonyl (C=O) groups excluding carboxylic acids is 3. The van der Waals surface area contributed by atoms with Crippen molar-refractivity contribution < 1.29 is 32.3 Å². The molecule has 1 aromatic rings. The van der Waals surface area contributed by atoms with Crippen molar-refractivity contribution in [2.75, 3.05) is 6.54 Å². The molecule has 2 amide bonds. The summed E-state index contributed by atoms with van der Waals surface area (Å²) in [5, 5.41) is 3.30. The summed E-state index contributed by atoms with van der Waals surface area (Å²) in [6.45, 7) is 0.440. The Morgan fingerprint density at radius 1 is 1.08 bits per heavy atom. The van der Waals surface area contributed by atoms with E-state index in [-0.39, 0.29) is 30.0 Å². The van der Waals surface area contributed by atoms with Crippen LogP contribution in [-0.2, 0) is 20.8 Å². The molecule has 4 aliphatic carbocycles. The Hall–Kier alpha value is -2.62. The fourth-order valence-electron chi connectivity index (χ4n) is 7.18. The molecule has 0 spiro atoms. The Morgan fingerprint density at radius 2 is 1.75 bits per heavy atom. The molecule has 2 atom stereocenters. The topological polar surface area (TPSA) is 102 Å². The predicted octanol–water partition coefficient (Wildman–Crippen LogP) is 2.96. The van der Waals surface area contributed by atoms with Crippen molar-refractivity contribution >= 4 is 17.8 Å². The Bertz CT molecular complexity index is 1000. The second-order valence-electron chi connectivity index (χ2n) is 11.0. The van der Waals surface area contributed by atoms with Crippen LogP contribution in [0.15, 0.2) is 24.3 Å². The Balaban J connectivity index is 1.19. The van der Waals surface area contributed by atoms with Gasteiger partial charge in [0.15, 0.2) is 0 Å². The van der Waals surface area contributed by atoms with Gasteiger partial charge in [-0.1, -0.05) is 12.1 Å². The van der Waals surface area contributed by atoms with Gasteiger partial charge in [-0.3, -0.25) is 9.59 Å². The molecule has 6 rings (SSSR count). The van der Waals surface area contributed by atoms with E-state index in [0.29, 0.717) is 36.8 Å². The highest BCUT2D eigenvalue weighted by atomic mass is 19.4. The molecule has 5 aliphatic rings. The van der Waals surface area contributed by atoms with E-state index in [4.69, 9.17) is 5.73 Å². The molecule has 0 radical (unpaired) electrons. The molecule has 0 aromatic heterocycles. The first kappa shape index (κ1) is 25.0. The van der Waals surface area contributed by atoms with Crippen molar-refractivity contribution in [3.63, 3.8) is 0 Å². The maximum absolute atomic E-state index is 13.3. The zero-order chi connectivity index (χ0) is 25.6. The van der Waals surface area contributed by atoms with Gasteiger partial charge in [-0.2, -0.15) is 13.2 Å². The lowest BCUT2D eigenvalue weighted by atomic mass is 9.54. The second kappa shape index (κ2) is 9.68. The minimum atomic E-state index is -5.11. The van der Waals surface area contributed by atoms with Crippen LogP contribution in [-0.4, -0.2) is 53.5 Å². The quantitative estimate of drug-likeness (QED) is 0.456. The molecule has 4 saturated carbocycles. The Kier molecular flexibility index (Phi) is 6.74. The number of nitrogens with zero attached hydrogens (tertiary/aromatic N) is 1. The molecule has 1 aliphatic heterocycles. The summed E-state index contributed by atoms with van der Waals surface area (Å²) in [6.07, 6.45) is 2.31. The first-order chi connectivity index (χ1) is 17.1. The van der Waals surface area contributed by atoms with Crippen molar-refractivity contribution in [1.82, 2.24) is 10.2 Å². The summed E-state index contributed by atoms with van der Waals surface area (Å²) in [6, 6.07) is 4.18. The van der Waals surface area contributed by atoms with Crippen LogP contribution in [0.5, 0.6) is 5.75 Å². The number of esters is 1. The highest BCUT2D eigenvalue weighted by molar-refractivity contribution is 5.90. The van der Waals surface area contributed by atoms with E-state index in [2.05, 4.69) is 10.1 Å². The van der Waals surface area contributed by atoms with Crippen LogP contribution in [0.4, 0.5) is 13.2 Å². The van der Waals surface area contributed by atoms with E-state index in [0.717, 1.165) is 11.8 Å². The van der Waals surface area contributed by atoms with Crippen molar-refractivity contribution in [3.05, 3.63) is 29.8 Å². The molecule has 0 unspecified atom stereocenters. The number of hydrogen-bond donors (Lipinski definition) is 2. The normalized spacial score (nSPS) is 31.8. The number of amides is 2. The van der Waals surface area contributed by atoms with Crippen molar-refractivity contribution in [1.29, 1.82) is 0 Å². The SMILES string of the molecule is N[C@@H](Cc1cccc(OC(=O)C(F)(F)F)c1)C(=O)N1CCC[C@@H]1C(=O)NC1C2CC3CC(C2)CC1C3. The van der Waals surface area contributed by atoms with Crippen LogP contribution < -0.4 is 15.8 Å². The largest absolute Gasteiger partial charge is 0.491 e. The molecule has 10 heteroatoms. The Morgan fingerprint density at radius 3 is 2.39 bits per heavy atom. The third-order valence-electron chi connectivity index (χ3n) is 8.49. The Labute approximate surface area is 207 Å². The minimum absolute atomic E-state index is 0.0383. The number of likely N-dealkylation sites (tertiary alicyclic amines) is 1. The van der Waals surface area contributed by atoms with Crippen LogP contribution >= 0.6 is 0 Å². The van der Waals surface area contributed by atoms with Gasteiger partial charge in [0.1, 0.15) is 11.8 Å². The highest BCUT2D eigenvalue weighted by Gasteiger charge is 2.49. The lowest BCUT2D eigenvalue weighted by Crippen LogP contribution is -2.59. The van der Waals surface area contributed by atoms with Gasteiger partial charge in [0.25, 0.3) is 0 Å². The summed E-state index contributed by atoms with van der Waals surface area (Å²) in [5.74, 6) is -0.374. The van der Waals surface area contributed by atoms with Crippen molar-refractivity contribution in [2.24, 2.45) is 29.4 Å². The second-order valence-corrected chi connectivity index (χ2v) is 11.0. The zero-order valence-electron chi connectivity index (χ0n) is 20.0. The van der Waals surface area contributed by atoms with Gasteiger partial charge in [-0.15, -0.1) is 0 Å². The molecule has 1 aromatic carbocycles. The third-order valence-corrected chi connectivity index (χ3v) is 8.49. The summed E-state index contributed by atoms with van der Waals surface area (Å²) < 4.78 is 41.8. The van der Waals surface area contributed by atoms with E-state index in [1.807, 2.05) is 0 Å². The number of nitrogens with two attached hydrogens (primary N) is 1. The lowest BCUT2D eigenvalue weighted by molar-refractivity contribution is -0.189. The van der Waals surface area contributed by atoms with Gasteiger partial charge in [0, 0.05) is 12.6 Å². The maximum atomic E-state index is 13.3. The first-order valence-electron chi connectivity index (χ1n) is 12.8. The summed E-state index contributed by atoms with van der Waals surface area (Å²) in [4.78, 5) is 39.1. The van der Waals surface area contributed by atoms with Crippen molar-refractivity contribution in [2.45, 2.75) is 75.7 Å². The van der Waals surface area contributed by atoms with Crippen molar-refractivity contribution in [3.8, 4) is 5.75 Å². The molecule has 36 heavy (non-hydrogen) atoms. The fourth-order valence-corrected chi connectivity index (χ4v) is 7.18. The number of carbonyl (C=O) groups is 3. The fraction of sp³-hybridized carbons (Fsp3) is 0.654. The molecular weight excluding hydrogens is 475 g/mol. The van der Waals surface area contributed by atoms with Gasteiger partial charge in [0.2, 0.25) is 11.8 Å². The number of benzene rings is 1. The van der Waals surface area contributed by atoms with Gasteiger partial charge in [0.05, 0.1) is 6.04 Å². The van der Waals surface area contributed by atoms with Crippen LogP contribution in [0.1, 0.15) is 50.5 Å². The number of rotatable bonds is 6. The standard InChI is InChI=1S/C26H32F3N3O4/c27-26(28,29)25(35)36-19-4-1-3-14(12-19)13-20(30)24(34)32-6-2-5-21(32)23(33)31-22-17-8-15-7-16(10-17)11-18(22)9-15/h1,3-4,12,15-18,20-22H,2,5-11,13,30H2,(H,31,33)/t15?,16?,17?,18?,20-,21+,22?/m0/s1. The monoisotopic (exact) mass is 507 g/mol. The van der Waals surface area contributed by atoms with E-state index < -0.39 is 24.2 Å². The van der Waals surface area contributed by atoms with Gasteiger partial charge >= 0.3 is 12.1 Å². The molecular formula is C26H32F3N3O4. The number of alkyl halides is 3. The van der Waals surface area contributed by atoms with E-state index in [9.17, 15) is 27.6 Å². The van der Waals surface area contributed by atoms with Gasteiger partial charge < -0.3 is 20.7 Å². The van der Waals surface area contributed by atoms with Crippen LogP contribution in [0.3, 0.4) is 0 Å². The highest BCUT2D eigenvalue weighted by Crippen LogP contribution is 2.53. The molecule has 196 valence electrons. The average molecular weight is 508 g/mol. The predicted molar refractivity (Wildman–Crippen MR) is 124 cm³/mol. The summed E-state index contributed by atoms with van der Waals surface area (Å²) in [7, 11) is 0. The molecule has 4 bridgehead atoms. The molecule has 5 fully saturated rings. The van der Waals surface area contributed by atoms with Gasteiger partial charge in [-0.25, -0.2) is 4.79 Å². The minimum Gasteiger partial charge on any atom is -0.420 e. The number of halogens is 3. The van der Waals surface area contributed by atoms with Crippen LogP contribution in [0, 0.1) is 23.7 Å². The summed E-state index contributed by atoms with van der Waals surface area (Å²) >= 11 is 0. The zero-order valence-corrected chi connectivity index (χ0v) is 20.0. The smallest absolute Gasteiger partial charge is 0.420 e. The summed E-state index contributed by atoms with van der Waals surface area (Å²) in [5.41, 5.74) is 6.64. The van der Waals surface area contributed by atoms with Crippen LogP contribution in [0.25, 0.3) is 0 Å². The maximum Gasteiger partial charge on any atom is 0.491 e. The molecule has 1 heterocycles. The molecule has 3 N–H and O–H groups in total. The van der Waals surface area contributed by atoms with E-state index in [1.54, 1.807) is 11.0 Å². The average Bonchev–Trinajstić information content (AvgIpc) is 3.30.